The van der Waals surface area contributed by atoms with E-state index in [1.165, 1.54) is 0 Å². The molecule has 0 aliphatic carbocycles. The maximum atomic E-state index is 5.83. The topological polar surface area (TPSA) is 51.1 Å². The van der Waals surface area contributed by atoms with Gasteiger partial charge in [-0.2, -0.15) is 15.0 Å². The summed E-state index contributed by atoms with van der Waals surface area (Å²) in [4.78, 5) is 14.4. The Balaban J connectivity index is 2.20. The van der Waals surface area contributed by atoms with Gasteiger partial charge in [-0.3, -0.25) is 0 Å². The van der Waals surface area contributed by atoms with Crippen LogP contribution in [0.4, 0.5) is 5.95 Å². The van der Waals surface area contributed by atoms with Crippen LogP contribution >= 0.6 is 11.6 Å². The standard InChI is InChI=1S/C10H15ClN4O/c1-3-16-10-13-8(11)12-9(14-10)15-5-4-7(2)6-15/h7H,3-6H2,1-2H3. The van der Waals surface area contributed by atoms with E-state index < -0.39 is 0 Å². The molecule has 1 aromatic heterocycles. The van der Waals surface area contributed by atoms with Gasteiger partial charge in [0.25, 0.3) is 0 Å². The van der Waals surface area contributed by atoms with E-state index in [0.29, 0.717) is 24.5 Å². The van der Waals surface area contributed by atoms with Crippen molar-refractivity contribution in [3.63, 3.8) is 0 Å². The van der Waals surface area contributed by atoms with Crippen molar-refractivity contribution >= 4 is 17.5 Å². The van der Waals surface area contributed by atoms with Gasteiger partial charge in [-0.25, -0.2) is 0 Å². The molecule has 0 amide bonds. The van der Waals surface area contributed by atoms with Crippen LogP contribution in [0.1, 0.15) is 20.3 Å². The number of nitrogens with zero attached hydrogens (tertiary/aromatic N) is 4. The molecule has 1 aromatic rings. The molecule has 1 saturated heterocycles. The highest BCUT2D eigenvalue weighted by Gasteiger charge is 2.22. The van der Waals surface area contributed by atoms with Crippen LogP contribution in [0.15, 0.2) is 0 Å². The Morgan fingerprint density at radius 3 is 2.88 bits per heavy atom. The lowest BCUT2D eigenvalue weighted by Gasteiger charge is -2.15. The van der Waals surface area contributed by atoms with Gasteiger partial charge in [-0.05, 0) is 30.9 Å². The number of rotatable bonds is 3. The molecule has 2 rings (SSSR count). The van der Waals surface area contributed by atoms with Gasteiger partial charge in [0.05, 0.1) is 6.61 Å². The molecule has 6 heteroatoms. The number of hydrogen-bond donors (Lipinski definition) is 0. The van der Waals surface area contributed by atoms with Gasteiger partial charge >= 0.3 is 6.01 Å². The minimum absolute atomic E-state index is 0.188. The van der Waals surface area contributed by atoms with E-state index >= 15 is 0 Å². The summed E-state index contributed by atoms with van der Waals surface area (Å²) in [6.07, 6.45) is 1.16. The second-order valence-corrected chi connectivity index (χ2v) is 4.30. The van der Waals surface area contributed by atoms with Crippen LogP contribution in [0.3, 0.4) is 0 Å². The molecule has 1 atom stereocenters. The van der Waals surface area contributed by atoms with Crippen molar-refractivity contribution in [3.05, 3.63) is 5.28 Å². The largest absolute Gasteiger partial charge is 0.464 e. The molecule has 16 heavy (non-hydrogen) atoms. The summed E-state index contributed by atoms with van der Waals surface area (Å²) in [5.74, 6) is 1.29. The molecule has 0 spiro atoms. The van der Waals surface area contributed by atoms with Crippen LogP contribution < -0.4 is 9.64 Å². The molecule has 1 fully saturated rings. The van der Waals surface area contributed by atoms with Crippen LogP contribution in [-0.4, -0.2) is 34.6 Å². The average molecular weight is 243 g/mol. The first-order valence-corrected chi connectivity index (χ1v) is 5.86. The SMILES string of the molecule is CCOc1nc(Cl)nc(N2CCC(C)C2)n1. The third-order valence-corrected chi connectivity index (χ3v) is 2.72. The normalized spacial score (nSPS) is 20.2. The molecule has 5 nitrogen and oxygen atoms in total. The maximum absolute atomic E-state index is 5.83. The van der Waals surface area contributed by atoms with Crippen LogP contribution in [0.2, 0.25) is 5.28 Å². The minimum Gasteiger partial charge on any atom is -0.464 e. The van der Waals surface area contributed by atoms with E-state index in [1.54, 1.807) is 0 Å². The Hall–Kier alpha value is -1.10. The Morgan fingerprint density at radius 1 is 1.44 bits per heavy atom. The highest BCUT2D eigenvalue weighted by Crippen LogP contribution is 2.22. The zero-order chi connectivity index (χ0) is 11.5. The molecule has 0 saturated carbocycles. The van der Waals surface area contributed by atoms with E-state index in [4.69, 9.17) is 16.3 Å². The van der Waals surface area contributed by atoms with Crippen molar-refractivity contribution in [2.45, 2.75) is 20.3 Å². The summed E-state index contributed by atoms with van der Waals surface area (Å²) in [7, 11) is 0. The first-order chi connectivity index (χ1) is 7.69. The lowest BCUT2D eigenvalue weighted by molar-refractivity contribution is 0.311. The number of aromatic nitrogens is 3. The third kappa shape index (κ3) is 2.52. The zero-order valence-electron chi connectivity index (χ0n) is 9.48. The molecule has 0 N–H and O–H groups in total. The summed E-state index contributed by atoms with van der Waals surface area (Å²) in [6.45, 7) is 6.55. The predicted octanol–water partition coefficient (Wildman–Crippen LogP) is 1.77. The second-order valence-electron chi connectivity index (χ2n) is 3.96. The number of hydrogen-bond acceptors (Lipinski definition) is 5. The summed E-state index contributed by atoms with van der Waals surface area (Å²) >= 11 is 5.83. The van der Waals surface area contributed by atoms with Gasteiger partial charge in [0, 0.05) is 13.1 Å². The zero-order valence-corrected chi connectivity index (χ0v) is 10.2. The quantitative estimate of drug-likeness (QED) is 0.809. The van der Waals surface area contributed by atoms with E-state index in [0.717, 1.165) is 19.5 Å². The van der Waals surface area contributed by atoms with Gasteiger partial charge in [-0.15, -0.1) is 0 Å². The van der Waals surface area contributed by atoms with Crippen LogP contribution in [-0.2, 0) is 0 Å². The molecular weight excluding hydrogens is 228 g/mol. The van der Waals surface area contributed by atoms with E-state index in [-0.39, 0.29) is 5.28 Å². The van der Waals surface area contributed by atoms with Crippen molar-refractivity contribution < 1.29 is 4.74 Å². The number of anilines is 1. The molecule has 0 radical (unpaired) electrons. The van der Waals surface area contributed by atoms with Crippen molar-refractivity contribution in [2.24, 2.45) is 5.92 Å². The van der Waals surface area contributed by atoms with Gasteiger partial charge in [0.15, 0.2) is 0 Å². The monoisotopic (exact) mass is 242 g/mol. The third-order valence-electron chi connectivity index (χ3n) is 2.56. The summed E-state index contributed by atoms with van der Waals surface area (Å²) in [6, 6.07) is 0.303. The van der Waals surface area contributed by atoms with Crippen LogP contribution in [0.5, 0.6) is 6.01 Å². The smallest absolute Gasteiger partial charge is 0.322 e. The van der Waals surface area contributed by atoms with E-state index in [1.807, 2.05) is 6.92 Å². The van der Waals surface area contributed by atoms with Crippen LogP contribution in [0.25, 0.3) is 0 Å². The first-order valence-electron chi connectivity index (χ1n) is 5.48. The van der Waals surface area contributed by atoms with Crippen molar-refractivity contribution in [2.75, 3.05) is 24.6 Å². The molecular formula is C10H15ClN4O. The van der Waals surface area contributed by atoms with Gasteiger partial charge in [0.1, 0.15) is 0 Å². The predicted molar refractivity (Wildman–Crippen MR) is 62.0 cm³/mol. The van der Waals surface area contributed by atoms with Gasteiger partial charge in [0.2, 0.25) is 11.2 Å². The second kappa shape index (κ2) is 4.82. The fraction of sp³-hybridized carbons (Fsp3) is 0.700. The molecule has 2 heterocycles. The highest BCUT2D eigenvalue weighted by atomic mass is 35.5. The van der Waals surface area contributed by atoms with E-state index in [9.17, 15) is 0 Å². The molecule has 0 aromatic carbocycles. The first kappa shape index (κ1) is 11.4. The molecule has 1 aliphatic heterocycles. The van der Waals surface area contributed by atoms with E-state index in [2.05, 4.69) is 26.8 Å². The van der Waals surface area contributed by atoms with Crippen molar-refractivity contribution in [1.82, 2.24) is 15.0 Å². The Labute approximate surface area is 99.8 Å². The molecule has 88 valence electrons. The Kier molecular flexibility index (Phi) is 3.43. The lowest BCUT2D eigenvalue weighted by Crippen LogP contribution is -2.22. The minimum atomic E-state index is 0.188. The highest BCUT2D eigenvalue weighted by molar-refractivity contribution is 6.28. The van der Waals surface area contributed by atoms with Gasteiger partial charge < -0.3 is 9.64 Å². The summed E-state index contributed by atoms with van der Waals surface area (Å²) in [5.41, 5.74) is 0. The fourth-order valence-electron chi connectivity index (χ4n) is 1.77. The maximum Gasteiger partial charge on any atom is 0.322 e. The Morgan fingerprint density at radius 2 is 2.25 bits per heavy atom. The molecule has 1 aliphatic rings. The average Bonchev–Trinajstić information content (AvgIpc) is 2.64. The van der Waals surface area contributed by atoms with Crippen molar-refractivity contribution in [3.8, 4) is 6.01 Å². The summed E-state index contributed by atoms with van der Waals surface area (Å²) in [5, 5.41) is 0.188. The lowest BCUT2D eigenvalue weighted by atomic mass is 10.2. The number of ether oxygens (including phenoxy) is 1. The number of halogens is 1. The summed E-state index contributed by atoms with van der Waals surface area (Å²) < 4.78 is 5.24. The fourth-order valence-corrected chi connectivity index (χ4v) is 1.92. The Bertz CT molecular complexity index is 374. The molecule has 1 unspecified atom stereocenters. The molecule has 0 bridgehead atoms. The van der Waals surface area contributed by atoms with Gasteiger partial charge in [-0.1, -0.05) is 6.92 Å². The van der Waals surface area contributed by atoms with Crippen LogP contribution in [0, 0.1) is 5.92 Å². The van der Waals surface area contributed by atoms with Crippen molar-refractivity contribution in [1.29, 1.82) is 0 Å².